The number of para-hydroxylation sites is 1. The van der Waals surface area contributed by atoms with E-state index in [9.17, 15) is 22.3 Å². The van der Waals surface area contributed by atoms with Crippen LogP contribution in [0.1, 0.15) is 0 Å². The third-order valence-corrected chi connectivity index (χ3v) is 3.76. The smallest absolute Gasteiger partial charge is 0.265 e. The molecule has 2 aromatic carbocycles. The van der Waals surface area contributed by atoms with Gasteiger partial charge in [0.2, 0.25) is 0 Å². The number of phenolic OH excluding ortho intramolecular Hbond substituents is 1. The van der Waals surface area contributed by atoms with Crippen molar-refractivity contribution in [3.8, 4) is 5.75 Å². The molecule has 0 aliphatic rings. The van der Waals surface area contributed by atoms with Crippen LogP contribution in [0.3, 0.4) is 0 Å². The summed E-state index contributed by atoms with van der Waals surface area (Å²) in [6.45, 7) is 0. The van der Waals surface area contributed by atoms with Crippen molar-refractivity contribution < 1.29 is 22.3 Å². The first-order chi connectivity index (χ1) is 8.92. The van der Waals surface area contributed by atoms with Gasteiger partial charge in [0.15, 0.2) is 11.6 Å². The standard InChI is InChI=1S/C12H9F2NO3S/c13-8-4-3-5-9(12(8)14)15-19(17,18)11-7-2-1-6-10(11)16/h1-7,15-16H. The summed E-state index contributed by atoms with van der Waals surface area (Å²) in [5.74, 6) is -2.95. The highest BCUT2D eigenvalue weighted by molar-refractivity contribution is 7.92. The Morgan fingerprint density at radius 1 is 1.00 bits per heavy atom. The summed E-state index contributed by atoms with van der Waals surface area (Å²) in [6, 6.07) is 8.28. The van der Waals surface area contributed by atoms with E-state index in [2.05, 4.69) is 0 Å². The molecule has 0 saturated heterocycles. The zero-order valence-electron chi connectivity index (χ0n) is 9.47. The molecule has 0 amide bonds. The predicted octanol–water partition coefficient (Wildman–Crippen LogP) is 2.47. The van der Waals surface area contributed by atoms with Crippen LogP contribution in [0, 0.1) is 11.6 Å². The number of rotatable bonds is 3. The maximum absolute atomic E-state index is 13.4. The molecule has 2 N–H and O–H groups in total. The SMILES string of the molecule is O=S(=O)(Nc1cccc(F)c1F)c1ccccc1O. The molecule has 19 heavy (non-hydrogen) atoms. The van der Waals surface area contributed by atoms with Crippen molar-refractivity contribution in [2.24, 2.45) is 0 Å². The fourth-order valence-corrected chi connectivity index (χ4v) is 2.62. The molecule has 0 radical (unpaired) electrons. The highest BCUT2D eigenvalue weighted by Gasteiger charge is 2.20. The van der Waals surface area contributed by atoms with Gasteiger partial charge in [-0.1, -0.05) is 18.2 Å². The van der Waals surface area contributed by atoms with Crippen molar-refractivity contribution >= 4 is 15.7 Å². The molecule has 2 rings (SSSR count). The summed E-state index contributed by atoms with van der Waals surface area (Å²) in [6.07, 6.45) is 0. The third kappa shape index (κ3) is 2.65. The second-order valence-electron chi connectivity index (χ2n) is 3.67. The van der Waals surface area contributed by atoms with Crippen molar-refractivity contribution in [3.63, 3.8) is 0 Å². The van der Waals surface area contributed by atoms with E-state index in [1.807, 2.05) is 4.72 Å². The Kier molecular flexibility index (Phi) is 3.39. The molecule has 0 aliphatic carbocycles. The molecular weight excluding hydrogens is 276 g/mol. The van der Waals surface area contributed by atoms with Crippen LogP contribution in [-0.4, -0.2) is 13.5 Å². The fraction of sp³-hybridized carbons (Fsp3) is 0. The molecule has 0 atom stereocenters. The first-order valence-electron chi connectivity index (χ1n) is 5.16. The van der Waals surface area contributed by atoms with E-state index in [0.717, 1.165) is 18.2 Å². The van der Waals surface area contributed by atoms with E-state index in [1.54, 1.807) is 0 Å². The van der Waals surface area contributed by atoms with Gasteiger partial charge in [-0.15, -0.1) is 0 Å². The first-order valence-corrected chi connectivity index (χ1v) is 6.65. The van der Waals surface area contributed by atoms with Gasteiger partial charge in [-0.2, -0.15) is 0 Å². The number of halogens is 2. The summed E-state index contributed by atoms with van der Waals surface area (Å²) in [7, 11) is -4.19. The minimum absolute atomic E-state index is 0.418. The molecule has 0 spiro atoms. The molecule has 2 aromatic rings. The average molecular weight is 285 g/mol. The second-order valence-corrected chi connectivity index (χ2v) is 5.33. The summed E-state index contributed by atoms with van der Waals surface area (Å²) in [4.78, 5) is -0.418. The lowest BCUT2D eigenvalue weighted by Crippen LogP contribution is -2.14. The molecule has 0 fully saturated rings. The second kappa shape index (κ2) is 4.85. The van der Waals surface area contributed by atoms with Crippen molar-refractivity contribution in [1.82, 2.24) is 0 Å². The van der Waals surface area contributed by atoms with Crippen LogP contribution in [0.5, 0.6) is 5.75 Å². The fourth-order valence-electron chi connectivity index (χ4n) is 1.47. The zero-order valence-corrected chi connectivity index (χ0v) is 10.3. The Morgan fingerprint density at radius 2 is 1.68 bits per heavy atom. The summed E-state index contributed by atoms with van der Waals surface area (Å²) < 4.78 is 52.1. The van der Waals surface area contributed by atoms with Gasteiger partial charge in [0, 0.05) is 0 Å². The van der Waals surface area contributed by atoms with Gasteiger partial charge in [-0.05, 0) is 24.3 Å². The van der Waals surface area contributed by atoms with Gasteiger partial charge < -0.3 is 5.11 Å². The Balaban J connectivity index is 2.43. The number of nitrogens with one attached hydrogen (secondary N) is 1. The van der Waals surface area contributed by atoms with Crippen molar-refractivity contribution in [3.05, 3.63) is 54.1 Å². The maximum atomic E-state index is 13.4. The summed E-state index contributed by atoms with van der Waals surface area (Å²) in [5.41, 5.74) is -0.525. The molecule has 0 bridgehead atoms. The molecule has 0 heterocycles. The predicted molar refractivity (Wildman–Crippen MR) is 65.3 cm³/mol. The molecule has 4 nitrogen and oxygen atoms in total. The minimum atomic E-state index is -4.19. The van der Waals surface area contributed by atoms with E-state index in [-0.39, 0.29) is 0 Å². The minimum Gasteiger partial charge on any atom is -0.507 e. The number of benzene rings is 2. The molecule has 7 heteroatoms. The van der Waals surface area contributed by atoms with E-state index in [4.69, 9.17) is 0 Å². The Bertz CT molecular complexity index is 717. The Morgan fingerprint density at radius 3 is 2.37 bits per heavy atom. The first kappa shape index (κ1) is 13.3. The van der Waals surface area contributed by atoms with E-state index in [1.165, 1.54) is 24.3 Å². The molecule has 100 valence electrons. The number of hydrogen-bond donors (Lipinski definition) is 2. The van der Waals surface area contributed by atoms with Crippen LogP contribution in [0.25, 0.3) is 0 Å². The van der Waals surface area contributed by atoms with Crippen molar-refractivity contribution in [1.29, 1.82) is 0 Å². The monoisotopic (exact) mass is 285 g/mol. The van der Waals surface area contributed by atoms with Crippen molar-refractivity contribution in [2.75, 3.05) is 4.72 Å². The van der Waals surface area contributed by atoms with Gasteiger partial charge in [0.05, 0.1) is 5.69 Å². The Hall–Kier alpha value is -2.15. The molecule has 0 unspecified atom stereocenters. The van der Waals surface area contributed by atoms with Crippen LogP contribution in [0.2, 0.25) is 0 Å². The largest absolute Gasteiger partial charge is 0.507 e. The lowest BCUT2D eigenvalue weighted by Gasteiger charge is -2.10. The molecular formula is C12H9F2NO3S. The van der Waals surface area contributed by atoms with Gasteiger partial charge in [-0.3, -0.25) is 4.72 Å². The number of phenols is 1. The maximum Gasteiger partial charge on any atom is 0.265 e. The van der Waals surface area contributed by atoms with E-state index >= 15 is 0 Å². The van der Waals surface area contributed by atoms with E-state index in [0.29, 0.717) is 0 Å². The molecule has 0 aliphatic heterocycles. The highest BCUT2D eigenvalue weighted by atomic mass is 32.2. The average Bonchev–Trinajstić information content (AvgIpc) is 2.35. The van der Waals surface area contributed by atoms with Crippen LogP contribution in [0.15, 0.2) is 47.4 Å². The third-order valence-electron chi connectivity index (χ3n) is 2.35. The topological polar surface area (TPSA) is 66.4 Å². The van der Waals surface area contributed by atoms with Gasteiger partial charge in [0.1, 0.15) is 10.6 Å². The highest BCUT2D eigenvalue weighted by Crippen LogP contribution is 2.25. The number of anilines is 1. The van der Waals surface area contributed by atoms with Gasteiger partial charge >= 0.3 is 0 Å². The number of sulfonamides is 1. The quantitative estimate of drug-likeness (QED) is 0.910. The van der Waals surface area contributed by atoms with Gasteiger partial charge in [-0.25, -0.2) is 17.2 Å². The van der Waals surface area contributed by atoms with Crippen LogP contribution in [-0.2, 0) is 10.0 Å². The summed E-state index contributed by atoms with van der Waals surface area (Å²) in [5, 5.41) is 9.46. The lowest BCUT2D eigenvalue weighted by atomic mass is 10.3. The number of hydrogen-bond acceptors (Lipinski definition) is 3. The lowest BCUT2D eigenvalue weighted by molar-refractivity contribution is 0.459. The molecule has 0 aromatic heterocycles. The zero-order chi connectivity index (χ0) is 14.0. The summed E-state index contributed by atoms with van der Waals surface area (Å²) >= 11 is 0. The van der Waals surface area contributed by atoms with Gasteiger partial charge in [0.25, 0.3) is 10.0 Å². The van der Waals surface area contributed by atoms with Crippen LogP contribution < -0.4 is 4.72 Å². The van der Waals surface area contributed by atoms with Crippen LogP contribution in [0.4, 0.5) is 14.5 Å². The normalized spacial score (nSPS) is 11.3. The molecule has 0 saturated carbocycles. The van der Waals surface area contributed by atoms with E-state index < -0.39 is 38.0 Å². The van der Waals surface area contributed by atoms with Crippen LogP contribution >= 0.6 is 0 Å². The Labute approximate surface area is 108 Å². The van der Waals surface area contributed by atoms with Crippen molar-refractivity contribution in [2.45, 2.75) is 4.90 Å². The number of aromatic hydroxyl groups is 1.